The van der Waals surface area contributed by atoms with Crippen LogP contribution in [-0.4, -0.2) is 13.7 Å². The zero-order valence-corrected chi connectivity index (χ0v) is 18.3. The second kappa shape index (κ2) is 7.88. The van der Waals surface area contributed by atoms with Gasteiger partial charge in [-0.25, -0.2) is 0 Å². The van der Waals surface area contributed by atoms with Crippen LogP contribution in [0.5, 0.6) is 5.75 Å². The summed E-state index contributed by atoms with van der Waals surface area (Å²) < 4.78 is 6.67. The number of benzene rings is 3. The van der Waals surface area contributed by atoms with Gasteiger partial charge in [-0.05, 0) is 48.0 Å². The predicted octanol–water partition coefficient (Wildman–Crippen LogP) is 5.53. The molecular formula is C27H28OSi. The van der Waals surface area contributed by atoms with Crippen molar-refractivity contribution in [3.63, 3.8) is 0 Å². The molecule has 1 atom stereocenters. The van der Waals surface area contributed by atoms with Gasteiger partial charge in [-0.3, -0.25) is 0 Å². The molecule has 0 saturated carbocycles. The standard InChI is InChI=1S/C27H28OSi/c1-22(2)23-19-27(3,28-24-13-7-4-8-14-24)21-29(20-23,25-15-9-5-10-16-25)26-17-11-6-12-18-26/h4-18,20H,1,19,21H2,2-3H3. The molecule has 3 aromatic carbocycles. The SMILES string of the molecule is C=C(C)C1=C[Si](c2ccccc2)(c2ccccc2)CC(C)(Oc2ccccc2)C1. The molecule has 0 aromatic heterocycles. The summed E-state index contributed by atoms with van der Waals surface area (Å²) in [5, 5.41) is 2.85. The summed E-state index contributed by atoms with van der Waals surface area (Å²) in [7, 11) is -2.20. The second-order valence-corrected chi connectivity index (χ2v) is 12.1. The first-order valence-electron chi connectivity index (χ1n) is 10.2. The highest BCUT2D eigenvalue weighted by atomic mass is 28.3. The number of para-hydroxylation sites is 1. The molecule has 0 aliphatic carbocycles. The van der Waals surface area contributed by atoms with Crippen molar-refractivity contribution in [1.29, 1.82) is 0 Å². The van der Waals surface area contributed by atoms with Crippen LogP contribution >= 0.6 is 0 Å². The number of allylic oxidation sites excluding steroid dienone is 1. The smallest absolute Gasteiger partial charge is 0.145 e. The molecule has 1 unspecified atom stereocenters. The van der Waals surface area contributed by atoms with Gasteiger partial charge < -0.3 is 4.74 Å². The van der Waals surface area contributed by atoms with E-state index in [0.29, 0.717) is 0 Å². The van der Waals surface area contributed by atoms with E-state index < -0.39 is 8.07 Å². The van der Waals surface area contributed by atoms with E-state index in [1.54, 1.807) is 0 Å². The Kier molecular flexibility index (Phi) is 5.29. The number of ether oxygens (including phenoxy) is 1. The van der Waals surface area contributed by atoms with Gasteiger partial charge >= 0.3 is 0 Å². The molecule has 0 amide bonds. The van der Waals surface area contributed by atoms with E-state index in [4.69, 9.17) is 4.74 Å². The predicted molar refractivity (Wildman–Crippen MR) is 126 cm³/mol. The summed E-state index contributed by atoms with van der Waals surface area (Å²) in [5.41, 5.74) is 4.74. The summed E-state index contributed by atoms with van der Waals surface area (Å²) in [6, 6.07) is 33.2. The first-order chi connectivity index (χ1) is 14.0. The molecule has 1 aliphatic heterocycles. The topological polar surface area (TPSA) is 9.23 Å². The molecule has 0 saturated heterocycles. The van der Waals surface area contributed by atoms with Crippen molar-refractivity contribution >= 4 is 18.4 Å². The van der Waals surface area contributed by atoms with Gasteiger partial charge in [0.1, 0.15) is 19.4 Å². The normalized spacial score (nSPS) is 20.6. The lowest BCUT2D eigenvalue weighted by atomic mass is 9.94. The van der Waals surface area contributed by atoms with Gasteiger partial charge in [0.15, 0.2) is 0 Å². The van der Waals surface area contributed by atoms with Gasteiger partial charge in [-0.2, -0.15) is 0 Å². The minimum Gasteiger partial charge on any atom is -0.487 e. The molecule has 0 spiro atoms. The maximum Gasteiger partial charge on any atom is 0.145 e. The molecule has 0 radical (unpaired) electrons. The Morgan fingerprint density at radius 1 is 0.828 bits per heavy atom. The molecule has 0 bridgehead atoms. The Morgan fingerprint density at radius 2 is 1.31 bits per heavy atom. The van der Waals surface area contributed by atoms with E-state index in [1.807, 2.05) is 18.2 Å². The molecule has 3 aromatic rings. The fourth-order valence-electron chi connectivity index (χ4n) is 4.58. The Hall–Kier alpha value is -2.84. The molecule has 4 rings (SSSR count). The molecule has 1 nitrogen and oxygen atoms in total. The largest absolute Gasteiger partial charge is 0.487 e. The zero-order chi connectivity index (χ0) is 20.3. The molecule has 1 aliphatic rings. The Bertz CT molecular complexity index is 969. The molecule has 29 heavy (non-hydrogen) atoms. The molecule has 2 heteroatoms. The quantitative estimate of drug-likeness (QED) is 0.515. The average molecular weight is 397 g/mol. The highest BCUT2D eigenvalue weighted by molar-refractivity contribution is 7.06. The van der Waals surface area contributed by atoms with Crippen LogP contribution in [0.25, 0.3) is 0 Å². The third-order valence-electron chi connectivity index (χ3n) is 5.87. The lowest BCUT2D eigenvalue weighted by Crippen LogP contribution is -2.63. The highest BCUT2D eigenvalue weighted by Crippen LogP contribution is 2.39. The van der Waals surface area contributed by atoms with Crippen molar-refractivity contribution < 1.29 is 4.74 Å². The van der Waals surface area contributed by atoms with E-state index in [9.17, 15) is 0 Å². The van der Waals surface area contributed by atoms with Gasteiger partial charge in [0, 0.05) is 6.42 Å². The van der Waals surface area contributed by atoms with Crippen LogP contribution in [0.2, 0.25) is 6.04 Å². The van der Waals surface area contributed by atoms with E-state index in [0.717, 1.165) is 23.8 Å². The van der Waals surface area contributed by atoms with Crippen LogP contribution in [-0.2, 0) is 0 Å². The van der Waals surface area contributed by atoms with Crippen LogP contribution in [0.3, 0.4) is 0 Å². The summed E-state index contributed by atoms with van der Waals surface area (Å²) >= 11 is 0. The van der Waals surface area contributed by atoms with E-state index in [1.165, 1.54) is 15.9 Å². The van der Waals surface area contributed by atoms with Crippen molar-refractivity contribution in [2.75, 3.05) is 0 Å². The van der Waals surface area contributed by atoms with Gasteiger partial charge in [0.2, 0.25) is 0 Å². The Labute approximate surface area is 175 Å². The van der Waals surface area contributed by atoms with Crippen molar-refractivity contribution in [2.24, 2.45) is 0 Å². The first-order valence-corrected chi connectivity index (χ1v) is 12.5. The van der Waals surface area contributed by atoms with E-state index in [-0.39, 0.29) is 5.60 Å². The molecular weight excluding hydrogens is 368 g/mol. The van der Waals surface area contributed by atoms with Gasteiger partial charge in [-0.1, -0.05) is 96.7 Å². The van der Waals surface area contributed by atoms with Crippen molar-refractivity contribution in [3.05, 3.63) is 114 Å². The molecule has 0 N–H and O–H groups in total. The Morgan fingerprint density at radius 3 is 1.79 bits per heavy atom. The number of hydrogen-bond acceptors (Lipinski definition) is 1. The van der Waals surface area contributed by atoms with Crippen LogP contribution in [0, 0.1) is 0 Å². The summed E-state index contributed by atoms with van der Waals surface area (Å²) in [4.78, 5) is 0. The van der Waals surface area contributed by atoms with Crippen molar-refractivity contribution in [1.82, 2.24) is 0 Å². The summed E-state index contributed by atoms with van der Waals surface area (Å²) in [5.74, 6) is 0.932. The van der Waals surface area contributed by atoms with Crippen LogP contribution in [0.4, 0.5) is 0 Å². The minimum atomic E-state index is -2.20. The summed E-state index contributed by atoms with van der Waals surface area (Å²) in [6.45, 7) is 8.69. The van der Waals surface area contributed by atoms with E-state index >= 15 is 0 Å². The van der Waals surface area contributed by atoms with Crippen LogP contribution in [0.15, 0.2) is 114 Å². The maximum absolute atomic E-state index is 6.67. The van der Waals surface area contributed by atoms with Gasteiger partial charge in [0.05, 0.1) is 0 Å². The second-order valence-electron chi connectivity index (χ2n) is 8.37. The number of hydrogen-bond donors (Lipinski definition) is 0. The fraction of sp³-hybridized carbons (Fsp3) is 0.185. The van der Waals surface area contributed by atoms with Crippen LogP contribution < -0.4 is 15.1 Å². The molecule has 146 valence electrons. The first kappa shape index (κ1) is 19.5. The van der Waals surface area contributed by atoms with Crippen LogP contribution in [0.1, 0.15) is 20.3 Å². The molecule has 1 heterocycles. The lowest BCUT2D eigenvalue weighted by Gasteiger charge is -2.44. The monoisotopic (exact) mass is 396 g/mol. The third-order valence-corrected chi connectivity index (χ3v) is 10.7. The average Bonchev–Trinajstić information content (AvgIpc) is 2.75. The fourth-order valence-corrected chi connectivity index (χ4v) is 9.65. The third kappa shape index (κ3) is 3.99. The Balaban J connectivity index is 1.89. The van der Waals surface area contributed by atoms with E-state index in [2.05, 4.69) is 98.9 Å². The van der Waals surface area contributed by atoms with Crippen molar-refractivity contribution in [3.8, 4) is 5.75 Å². The van der Waals surface area contributed by atoms with Gasteiger partial charge in [-0.15, -0.1) is 0 Å². The highest BCUT2D eigenvalue weighted by Gasteiger charge is 2.47. The van der Waals surface area contributed by atoms with Crippen molar-refractivity contribution in [2.45, 2.75) is 31.9 Å². The zero-order valence-electron chi connectivity index (χ0n) is 17.3. The minimum absolute atomic E-state index is 0.289. The summed E-state index contributed by atoms with van der Waals surface area (Å²) in [6.07, 6.45) is 0.881. The lowest BCUT2D eigenvalue weighted by molar-refractivity contribution is 0.108. The molecule has 0 fully saturated rings. The maximum atomic E-state index is 6.67. The number of rotatable bonds is 5. The van der Waals surface area contributed by atoms with Gasteiger partial charge in [0.25, 0.3) is 0 Å².